The summed E-state index contributed by atoms with van der Waals surface area (Å²) in [5.41, 5.74) is 4.20. The zero-order chi connectivity index (χ0) is 24.1. The first-order valence-electron chi connectivity index (χ1n) is 10.3. The summed E-state index contributed by atoms with van der Waals surface area (Å²) in [5.74, 6) is -0.939. The third-order valence-corrected chi connectivity index (χ3v) is 6.48. The van der Waals surface area contributed by atoms with Crippen LogP contribution in [0.2, 0.25) is 0 Å². The van der Waals surface area contributed by atoms with Gasteiger partial charge in [0.15, 0.2) is 5.78 Å². The van der Waals surface area contributed by atoms with Crippen LogP contribution >= 0.6 is 11.3 Å². The molecular formula is C25H22N4O3S. The molecule has 0 aliphatic carbocycles. The molecule has 3 aromatic heterocycles. The molecule has 0 atom stereocenters. The lowest BCUT2D eigenvalue weighted by molar-refractivity contribution is -0.114. The first-order chi connectivity index (χ1) is 15.8. The summed E-state index contributed by atoms with van der Waals surface area (Å²) < 4.78 is 7.04. The largest absolute Gasteiger partial charge is 0.462 e. The summed E-state index contributed by atoms with van der Waals surface area (Å²) in [7, 11) is 0. The number of carbonyl (C=O) groups is 2. The van der Waals surface area contributed by atoms with Gasteiger partial charge in [-0.05, 0) is 63.1 Å². The molecule has 0 radical (unpaired) electrons. The van der Waals surface area contributed by atoms with Gasteiger partial charge >= 0.3 is 5.97 Å². The van der Waals surface area contributed by atoms with E-state index in [9.17, 15) is 20.1 Å². The smallest absolute Gasteiger partial charge is 0.348 e. The van der Waals surface area contributed by atoms with Gasteiger partial charge in [0.05, 0.1) is 29.6 Å². The molecule has 0 spiro atoms. The Morgan fingerprint density at radius 1 is 1.27 bits per heavy atom. The van der Waals surface area contributed by atoms with E-state index < -0.39 is 11.8 Å². The van der Waals surface area contributed by atoms with Crippen LogP contribution in [-0.2, 0) is 16.0 Å². The summed E-state index contributed by atoms with van der Waals surface area (Å²) in [6, 6.07) is 9.74. The van der Waals surface area contributed by atoms with Crippen molar-refractivity contribution >= 4 is 29.2 Å². The maximum atomic E-state index is 13.0. The van der Waals surface area contributed by atoms with E-state index in [1.54, 1.807) is 32.3 Å². The summed E-state index contributed by atoms with van der Waals surface area (Å²) in [6.45, 7) is 7.42. The number of thiophene rings is 1. The van der Waals surface area contributed by atoms with E-state index in [1.807, 2.05) is 42.7 Å². The number of aryl methyl sites for hydroxylation is 1. The molecule has 3 rings (SSSR count). The molecule has 3 heterocycles. The van der Waals surface area contributed by atoms with Crippen LogP contribution in [0.25, 0.3) is 11.8 Å². The first kappa shape index (κ1) is 23.6. The Morgan fingerprint density at radius 2 is 2.03 bits per heavy atom. The van der Waals surface area contributed by atoms with Crippen molar-refractivity contribution in [3.05, 3.63) is 74.0 Å². The van der Waals surface area contributed by atoms with Gasteiger partial charge < -0.3 is 9.30 Å². The predicted octanol–water partition coefficient (Wildman–Crippen LogP) is 4.63. The Morgan fingerprint density at radius 3 is 2.64 bits per heavy atom. The van der Waals surface area contributed by atoms with Crippen molar-refractivity contribution in [2.75, 3.05) is 6.61 Å². The Bertz CT molecular complexity index is 1330. The second-order valence-electron chi connectivity index (χ2n) is 7.33. The number of hydrogen-bond acceptors (Lipinski definition) is 7. The van der Waals surface area contributed by atoms with Crippen LogP contribution in [0.4, 0.5) is 0 Å². The fourth-order valence-corrected chi connectivity index (χ4v) is 4.77. The number of allylic oxidation sites excluding steroid dienone is 1. The van der Waals surface area contributed by atoms with Crippen LogP contribution in [0.15, 0.2) is 36.2 Å². The fraction of sp³-hybridized carbons (Fsp3) is 0.240. The average molecular weight is 459 g/mol. The lowest BCUT2D eigenvalue weighted by Gasteiger charge is -2.08. The van der Waals surface area contributed by atoms with Crippen molar-refractivity contribution in [2.24, 2.45) is 0 Å². The number of ether oxygens (including phenoxy) is 1. The van der Waals surface area contributed by atoms with Crippen molar-refractivity contribution in [2.45, 2.75) is 34.1 Å². The third kappa shape index (κ3) is 4.77. The number of nitriles is 2. The van der Waals surface area contributed by atoms with Crippen LogP contribution in [0, 0.1) is 43.4 Å². The molecule has 0 N–H and O–H groups in total. The standard InChI is InChI=1S/C25H22N4O3S/c1-5-32-25(31)24-16(3)21(13-27)23(33-24)11-22(30)19(12-26)10-18-9-15(2)29(17(18)4)20-7-6-8-28-14-20/h6-10,14H,5,11H2,1-4H3/b19-10+. The van der Waals surface area contributed by atoms with Gasteiger partial charge in [-0.15, -0.1) is 11.3 Å². The second kappa shape index (κ2) is 10.1. The Labute approximate surface area is 196 Å². The van der Waals surface area contributed by atoms with Gasteiger partial charge in [-0.2, -0.15) is 10.5 Å². The molecule has 7 nitrogen and oxygen atoms in total. The van der Waals surface area contributed by atoms with Crippen LogP contribution in [-0.4, -0.2) is 27.9 Å². The maximum Gasteiger partial charge on any atom is 0.348 e. The van der Waals surface area contributed by atoms with Crippen molar-refractivity contribution in [3.8, 4) is 17.8 Å². The highest BCUT2D eigenvalue weighted by Crippen LogP contribution is 2.30. The van der Waals surface area contributed by atoms with Gasteiger partial charge in [-0.25, -0.2) is 4.79 Å². The molecule has 0 bridgehead atoms. The SMILES string of the molecule is CCOC(=O)c1sc(CC(=O)/C(C#N)=C/c2cc(C)n(-c3cccnc3)c2C)c(C#N)c1C. The number of aromatic nitrogens is 2. The zero-order valence-electron chi connectivity index (χ0n) is 18.8. The Balaban J connectivity index is 1.94. The molecule has 3 aromatic rings. The van der Waals surface area contributed by atoms with Crippen LogP contribution < -0.4 is 0 Å². The van der Waals surface area contributed by atoms with Gasteiger partial charge in [-0.1, -0.05) is 0 Å². The van der Waals surface area contributed by atoms with Crippen LogP contribution in [0.3, 0.4) is 0 Å². The van der Waals surface area contributed by atoms with E-state index in [-0.39, 0.29) is 24.2 Å². The summed E-state index contributed by atoms with van der Waals surface area (Å²) >= 11 is 1.06. The van der Waals surface area contributed by atoms with E-state index in [0.717, 1.165) is 34.0 Å². The average Bonchev–Trinajstić information content (AvgIpc) is 3.27. The van der Waals surface area contributed by atoms with E-state index in [4.69, 9.17) is 4.74 Å². The summed E-state index contributed by atoms with van der Waals surface area (Å²) in [4.78, 5) is 30.1. The number of esters is 1. The Hall–Kier alpha value is -4.01. The van der Waals surface area contributed by atoms with Crippen molar-refractivity contribution < 1.29 is 14.3 Å². The minimum atomic E-state index is -0.519. The number of ketones is 1. The molecule has 0 unspecified atom stereocenters. The molecule has 0 aliphatic rings. The van der Waals surface area contributed by atoms with Crippen LogP contribution in [0.5, 0.6) is 0 Å². The first-order valence-corrected chi connectivity index (χ1v) is 11.1. The third-order valence-electron chi connectivity index (χ3n) is 5.21. The monoisotopic (exact) mass is 458 g/mol. The lowest BCUT2D eigenvalue weighted by Crippen LogP contribution is -2.05. The minimum Gasteiger partial charge on any atom is -0.462 e. The van der Waals surface area contributed by atoms with Gasteiger partial charge in [0.2, 0.25) is 0 Å². The lowest BCUT2D eigenvalue weighted by atomic mass is 10.0. The second-order valence-corrected chi connectivity index (χ2v) is 8.43. The molecule has 0 amide bonds. The molecule has 0 fully saturated rings. The van der Waals surface area contributed by atoms with Crippen molar-refractivity contribution in [1.29, 1.82) is 10.5 Å². The number of pyridine rings is 1. The molecule has 33 heavy (non-hydrogen) atoms. The van der Waals surface area contributed by atoms with Crippen molar-refractivity contribution in [3.63, 3.8) is 0 Å². The topological polar surface area (TPSA) is 109 Å². The molecule has 0 aromatic carbocycles. The Kier molecular flexibility index (Phi) is 7.22. The highest BCUT2D eigenvalue weighted by atomic mass is 32.1. The summed E-state index contributed by atoms with van der Waals surface area (Å²) in [6.07, 6.45) is 4.86. The number of rotatable bonds is 7. The quantitative estimate of drug-likeness (QED) is 0.290. The normalized spacial score (nSPS) is 11.0. The van der Waals surface area contributed by atoms with Gasteiger partial charge in [-0.3, -0.25) is 9.78 Å². The van der Waals surface area contributed by atoms with Gasteiger partial charge in [0.25, 0.3) is 0 Å². The minimum absolute atomic E-state index is 0.0194. The molecule has 0 aliphatic heterocycles. The number of nitrogens with zero attached hydrogens (tertiary/aromatic N) is 4. The number of carbonyl (C=O) groups excluding carboxylic acids is 2. The van der Waals surface area contributed by atoms with Gasteiger partial charge in [0.1, 0.15) is 17.0 Å². The van der Waals surface area contributed by atoms with E-state index in [1.165, 1.54) is 0 Å². The highest BCUT2D eigenvalue weighted by Gasteiger charge is 2.23. The van der Waals surface area contributed by atoms with E-state index in [2.05, 4.69) is 11.1 Å². The van der Waals surface area contributed by atoms with Gasteiger partial charge in [0, 0.05) is 28.9 Å². The summed E-state index contributed by atoms with van der Waals surface area (Å²) in [5, 5.41) is 19.2. The molecule has 0 saturated carbocycles. The maximum absolute atomic E-state index is 13.0. The van der Waals surface area contributed by atoms with Crippen LogP contribution in [0.1, 0.15) is 49.6 Å². The fourth-order valence-electron chi connectivity index (χ4n) is 3.62. The number of hydrogen-bond donors (Lipinski definition) is 0. The van der Waals surface area contributed by atoms with E-state index in [0.29, 0.717) is 15.3 Å². The highest BCUT2D eigenvalue weighted by molar-refractivity contribution is 7.14. The predicted molar refractivity (Wildman–Crippen MR) is 125 cm³/mol. The molecular weight excluding hydrogens is 436 g/mol. The zero-order valence-corrected chi connectivity index (χ0v) is 19.6. The van der Waals surface area contributed by atoms with Crippen molar-refractivity contribution in [1.82, 2.24) is 9.55 Å². The molecule has 8 heteroatoms. The molecule has 166 valence electrons. The number of Topliss-reactive ketones (excluding diaryl/α,β-unsaturated/α-hetero) is 1. The van der Waals surface area contributed by atoms with E-state index >= 15 is 0 Å². The molecule has 0 saturated heterocycles.